The van der Waals surface area contributed by atoms with Gasteiger partial charge >= 0.3 is 0 Å². The van der Waals surface area contributed by atoms with Crippen molar-refractivity contribution in [2.45, 2.75) is 23.1 Å². The number of sulfonamides is 1. The highest BCUT2D eigenvalue weighted by Crippen LogP contribution is 2.34. The van der Waals surface area contributed by atoms with Gasteiger partial charge in [-0.3, -0.25) is 0 Å². The fourth-order valence-electron chi connectivity index (χ4n) is 1.56. The predicted octanol–water partition coefficient (Wildman–Crippen LogP) is 1.31. The SMILES string of the molecule is NC(=NO)C(NS(=O)(=O)c1ccc(Br)s1)C1CC1. The number of nitrogens with one attached hydrogen (secondary N) is 1. The lowest BCUT2D eigenvalue weighted by molar-refractivity contribution is 0.314. The third kappa shape index (κ3) is 3.02. The number of nitrogens with zero attached hydrogens (tertiary/aromatic N) is 1. The minimum absolute atomic E-state index is 0.100. The normalized spacial score (nSPS) is 18.8. The van der Waals surface area contributed by atoms with Gasteiger partial charge in [-0.2, -0.15) is 4.72 Å². The summed E-state index contributed by atoms with van der Waals surface area (Å²) in [4.78, 5) is 0. The van der Waals surface area contributed by atoms with Gasteiger partial charge in [-0.05, 0) is 46.8 Å². The van der Waals surface area contributed by atoms with Crippen LogP contribution in [0, 0.1) is 5.92 Å². The molecular weight excluding hydrogens is 342 g/mol. The fourth-order valence-corrected chi connectivity index (χ4v) is 4.86. The summed E-state index contributed by atoms with van der Waals surface area (Å²) < 4.78 is 27.6. The molecule has 0 radical (unpaired) electrons. The van der Waals surface area contributed by atoms with Crippen LogP contribution in [0.25, 0.3) is 0 Å². The Morgan fingerprint density at radius 3 is 2.72 bits per heavy atom. The van der Waals surface area contributed by atoms with Crippen LogP contribution in [-0.4, -0.2) is 25.5 Å². The van der Waals surface area contributed by atoms with Crippen molar-refractivity contribution >= 4 is 43.1 Å². The number of nitrogens with two attached hydrogens (primary N) is 1. The van der Waals surface area contributed by atoms with E-state index in [1.165, 1.54) is 6.07 Å². The molecule has 2 rings (SSSR count). The quantitative estimate of drug-likeness (QED) is 0.321. The van der Waals surface area contributed by atoms with Crippen LogP contribution < -0.4 is 10.5 Å². The topological polar surface area (TPSA) is 105 Å². The van der Waals surface area contributed by atoms with Gasteiger partial charge in [0.05, 0.1) is 9.83 Å². The third-order valence-corrected chi connectivity index (χ3v) is 6.18. The molecule has 1 aliphatic carbocycles. The second-order valence-electron chi connectivity index (χ2n) is 4.02. The molecule has 6 nitrogen and oxygen atoms in total. The van der Waals surface area contributed by atoms with Crippen molar-refractivity contribution in [1.29, 1.82) is 0 Å². The summed E-state index contributed by atoms with van der Waals surface area (Å²) in [7, 11) is -3.63. The first-order valence-corrected chi connectivity index (χ1v) is 8.28. The second kappa shape index (κ2) is 5.16. The summed E-state index contributed by atoms with van der Waals surface area (Å²) in [6.45, 7) is 0. The molecule has 0 amide bonds. The van der Waals surface area contributed by atoms with E-state index in [1.54, 1.807) is 6.07 Å². The Hall–Kier alpha value is -0.640. The Kier molecular flexibility index (Phi) is 3.95. The van der Waals surface area contributed by atoms with Gasteiger partial charge in [-0.1, -0.05) is 5.16 Å². The maximum absolute atomic E-state index is 12.1. The zero-order valence-corrected chi connectivity index (χ0v) is 12.4. The summed E-state index contributed by atoms with van der Waals surface area (Å²) in [5, 5.41) is 11.6. The van der Waals surface area contributed by atoms with E-state index in [2.05, 4.69) is 25.8 Å². The van der Waals surface area contributed by atoms with Crippen LogP contribution >= 0.6 is 27.3 Å². The highest BCUT2D eigenvalue weighted by Gasteiger charge is 2.37. The van der Waals surface area contributed by atoms with E-state index in [0.717, 1.165) is 28.0 Å². The van der Waals surface area contributed by atoms with Gasteiger partial charge in [0.1, 0.15) is 4.21 Å². The van der Waals surface area contributed by atoms with Gasteiger partial charge in [0.15, 0.2) is 5.84 Å². The summed E-state index contributed by atoms with van der Waals surface area (Å²) in [5.41, 5.74) is 5.52. The van der Waals surface area contributed by atoms with Crippen molar-refractivity contribution in [2.24, 2.45) is 16.8 Å². The van der Waals surface area contributed by atoms with Crippen LogP contribution in [0.2, 0.25) is 0 Å². The number of oxime groups is 1. The molecule has 18 heavy (non-hydrogen) atoms. The lowest BCUT2D eigenvalue weighted by atomic mass is 10.2. The molecular formula is C9H12BrN3O3S2. The number of hydrogen-bond acceptors (Lipinski definition) is 5. The zero-order chi connectivity index (χ0) is 13.3. The minimum Gasteiger partial charge on any atom is -0.409 e. The lowest BCUT2D eigenvalue weighted by Gasteiger charge is -2.15. The Balaban J connectivity index is 2.20. The minimum atomic E-state index is -3.63. The molecule has 1 saturated carbocycles. The molecule has 1 atom stereocenters. The highest BCUT2D eigenvalue weighted by atomic mass is 79.9. The molecule has 0 aliphatic heterocycles. The molecule has 0 spiro atoms. The standard InChI is InChI=1S/C9H12BrN3O3S2/c10-6-3-4-7(17-6)18(15,16)13-8(5-1-2-5)9(11)12-14/h3-5,8,13-14H,1-2H2,(H2,11,12). The Morgan fingerprint density at radius 1 is 1.61 bits per heavy atom. The van der Waals surface area contributed by atoms with Crippen LogP contribution in [0.5, 0.6) is 0 Å². The van der Waals surface area contributed by atoms with Crippen molar-refractivity contribution in [2.75, 3.05) is 0 Å². The molecule has 100 valence electrons. The van der Waals surface area contributed by atoms with Gasteiger partial charge in [0, 0.05) is 0 Å². The molecule has 0 aromatic carbocycles. The average molecular weight is 354 g/mol. The molecule has 1 aromatic heterocycles. The van der Waals surface area contributed by atoms with Gasteiger partial charge < -0.3 is 10.9 Å². The molecule has 0 saturated heterocycles. The van der Waals surface area contributed by atoms with Crippen LogP contribution in [0.4, 0.5) is 0 Å². The second-order valence-corrected chi connectivity index (χ2v) is 8.42. The number of thiophene rings is 1. The van der Waals surface area contributed by atoms with Gasteiger partial charge in [0.25, 0.3) is 10.0 Å². The van der Waals surface area contributed by atoms with E-state index in [-0.39, 0.29) is 16.0 Å². The van der Waals surface area contributed by atoms with Crippen molar-refractivity contribution in [3.05, 3.63) is 15.9 Å². The molecule has 1 aromatic rings. The van der Waals surface area contributed by atoms with E-state index >= 15 is 0 Å². The molecule has 1 fully saturated rings. The van der Waals surface area contributed by atoms with Gasteiger partial charge in [-0.25, -0.2) is 8.42 Å². The molecule has 0 bridgehead atoms. The summed E-state index contributed by atoms with van der Waals surface area (Å²) in [6.07, 6.45) is 1.75. The van der Waals surface area contributed by atoms with E-state index in [9.17, 15) is 8.42 Å². The van der Waals surface area contributed by atoms with Crippen molar-refractivity contribution in [3.8, 4) is 0 Å². The largest absolute Gasteiger partial charge is 0.409 e. The predicted molar refractivity (Wildman–Crippen MR) is 72.3 cm³/mol. The van der Waals surface area contributed by atoms with E-state index < -0.39 is 16.1 Å². The van der Waals surface area contributed by atoms with Crippen molar-refractivity contribution in [1.82, 2.24) is 4.72 Å². The molecule has 1 aliphatic rings. The molecule has 4 N–H and O–H groups in total. The summed E-state index contributed by atoms with van der Waals surface area (Å²) >= 11 is 4.32. The van der Waals surface area contributed by atoms with Gasteiger partial charge in [-0.15, -0.1) is 11.3 Å². The summed E-state index contributed by atoms with van der Waals surface area (Å²) in [5.74, 6) is 0.00998. The van der Waals surface area contributed by atoms with Crippen LogP contribution in [0.15, 0.2) is 25.3 Å². The highest BCUT2D eigenvalue weighted by molar-refractivity contribution is 9.11. The number of rotatable bonds is 5. The van der Waals surface area contributed by atoms with E-state index in [0.29, 0.717) is 0 Å². The number of halogens is 1. The first-order valence-electron chi connectivity index (χ1n) is 5.19. The Labute approximate surface area is 117 Å². The molecule has 9 heteroatoms. The Morgan fingerprint density at radius 2 is 2.28 bits per heavy atom. The Bertz CT molecular complexity index is 565. The monoisotopic (exact) mass is 353 g/mol. The van der Waals surface area contributed by atoms with E-state index in [1.807, 2.05) is 0 Å². The zero-order valence-electron chi connectivity index (χ0n) is 9.21. The van der Waals surface area contributed by atoms with Crippen LogP contribution in [-0.2, 0) is 10.0 Å². The first-order chi connectivity index (χ1) is 8.44. The first kappa shape index (κ1) is 13.8. The number of hydrogen-bond donors (Lipinski definition) is 3. The van der Waals surface area contributed by atoms with E-state index in [4.69, 9.17) is 10.9 Å². The smallest absolute Gasteiger partial charge is 0.250 e. The number of amidine groups is 1. The maximum atomic E-state index is 12.1. The lowest BCUT2D eigenvalue weighted by Crippen LogP contribution is -2.45. The molecule has 1 unspecified atom stereocenters. The summed E-state index contributed by atoms with van der Waals surface area (Å²) in [6, 6.07) is 2.53. The maximum Gasteiger partial charge on any atom is 0.250 e. The van der Waals surface area contributed by atoms with Crippen molar-refractivity contribution < 1.29 is 13.6 Å². The fraction of sp³-hybridized carbons (Fsp3) is 0.444. The molecule has 1 heterocycles. The van der Waals surface area contributed by atoms with Crippen molar-refractivity contribution in [3.63, 3.8) is 0 Å². The van der Waals surface area contributed by atoms with Crippen LogP contribution in [0.1, 0.15) is 12.8 Å². The van der Waals surface area contributed by atoms with Gasteiger partial charge in [0.2, 0.25) is 0 Å². The van der Waals surface area contributed by atoms with Crippen LogP contribution in [0.3, 0.4) is 0 Å². The third-order valence-electron chi connectivity index (χ3n) is 2.62. The average Bonchev–Trinajstić information content (AvgIpc) is 3.07.